The molecule has 0 aliphatic rings. The molecule has 0 atom stereocenters. The third-order valence-corrected chi connectivity index (χ3v) is 2.63. The summed E-state index contributed by atoms with van der Waals surface area (Å²) >= 11 is 0. The van der Waals surface area contributed by atoms with Gasteiger partial charge in [0.05, 0.1) is 0 Å². The molecule has 0 radical (unpaired) electrons. The van der Waals surface area contributed by atoms with Crippen LogP contribution in [-0.4, -0.2) is 11.1 Å². The van der Waals surface area contributed by atoms with E-state index in [0.717, 1.165) is 11.3 Å². The number of furan rings is 1. The van der Waals surface area contributed by atoms with E-state index in [-0.39, 0.29) is 12.4 Å². The minimum atomic E-state index is -1.06. The van der Waals surface area contributed by atoms with Crippen molar-refractivity contribution >= 4 is 5.97 Å². The SMILES string of the molecule is Cc1ccccc1OCc1cc(C)c(C(=O)O)o1. The van der Waals surface area contributed by atoms with Crippen molar-refractivity contribution in [2.24, 2.45) is 0 Å². The predicted molar refractivity (Wildman–Crippen MR) is 65.9 cm³/mol. The number of carboxylic acids is 1. The highest BCUT2D eigenvalue weighted by Crippen LogP contribution is 2.20. The number of hydrogen-bond acceptors (Lipinski definition) is 3. The van der Waals surface area contributed by atoms with Crippen molar-refractivity contribution in [2.75, 3.05) is 0 Å². The quantitative estimate of drug-likeness (QED) is 0.900. The Morgan fingerprint density at radius 1 is 1.28 bits per heavy atom. The van der Waals surface area contributed by atoms with Crippen LogP contribution < -0.4 is 4.74 Å². The maximum Gasteiger partial charge on any atom is 0.372 e. The molecule has 0 fully saturated rings. The van der Waals surface area contributed by atoms with E-state index in [9.17, 15) is 4.79 Å². The van der Waals surface area contributed by atoms with Gasteiger partial charge >= 0.3 is 5.97 Å². The fourth-order valence-corrected chi connectivity index (χ4v) is 1.70. The molecule has 1 N–H and O–H groups in total. The highest BCUT2D eigenvalue weighted by Gasteiger charge is 2.14. The maximum absolute atomic E-state index is 10.8. The molecule has 18 heavy (non-hydrogen) atoms. The molecule has 1 heterocycles. The van der Waals surface area contributed by atoms with Gasteiger partial charge in [0, 0.05) is 5.56 Å². The molecule has 1 aromatic heterocycles. The first-order valence-corrected chi connectivity index (χ1v) is 5.59. The first-order chi connectivity index (χ1) is 8.58. The summed E-state index contributed by atoms with van der Waals surface area (Å²) < 4.78 is 10.8. The smallest absolute Gasteiger partial charge is 0.372 e. The van der Waals surface area contributed by atoms with E-state index >= 15 is 0 Å². The van der Waals surface area contributed by atoms with Crippen LogP contribution in [0.2, 0.25) is 0 Å². The van der Waals surface area contributed by atoms with Gasteiger partial charge in [0.1, 0.15) is 18.1 Å². The molecule has 4 nitrogen and oxygen atoms in total. The van der Waals surface area contributed by atoms with E-state index in [0.29, 0.717) is 11.3 Å². The summed E-state index contributed by atoms with van der Waals surface area (Å²) in [6.07, 6.45) is 0. The molecule has 2 aromatic rings. The Bertz CT molecular complexity index is 569. The van der Waals surface area contributed by atoms with Crippen molar-refractivity contribution < 1.29 is 19.1 Å². The molecule has 94 valence electrons. The fourth-order valence-electron chi connectivity index (χ4n) is 1.70. The first-order valence-electron chi connectivity index (χ1n) is 5.59. The monoisotopic (exact) mass is 246 g/mol. The molecule has 0 amide bonds. The van der Waals surface area contributed by atoms with Crippen molar-refractivity contribution in [2.45, 2.75) is 20.5 Å². The van der Waals surface area contributed by atoms with Gasteiger partial charge < -0.3 is 14.3 Å². The van der Waals surface area contributed by atoms with Crippen LogP contribution in [0.3, 0.4) is 0 Å². The highest BCUT2D eigenvalue weighted by atomic mass is 16.5. The van der Waals surface area contributed by atoms with E-state index < -0.39 is 5.97 Å². The van der Waals surface area contributed by atoms with Gasteiger partial charge in [-0.15, -0.1) is 0 Å². The number of carboxylic acid groups (broad SMARTS) is 1. The lowest BCUT2D eigenvalue weighted by molar-refractivity contribution is 0.0657. The molecule has 0 bridgehead atoms. The minimum absolute atomic E-state index is 0.0293. The molecule has 0 spiro atoms. The zero-order valence-electron chi connectivity index (χ0n) is 10.3. The molecule has 0 saturated carbocycles. The largest absolute Gasteiger partial charge is 0.485 e. The van der Waals surface area contributed by atoms with Crippen LogP contribution in [-0.2, 0) is 6.61 Å². The summed E-state index contributed by atoms with van der Waals surface area (Å²) in [4.78, 5) is 10.8. The molecule has 1 aromatic carbocycles. The molecular weight excluding hydrogens is 232 g/mol. The molecule has 0 aliphatic carbocycles. The average Bonchev–Trinajstić information content (AvgIpc) is 2.70. The number of para-hydroxylation sites is 1. The van der Waals surface area contributed by atoms with Gasteiger partial charge in [-0.2, -0.15) is 0 Å². The van der Waals surface area contributed by atoms with Crippen molar-refractivity contribution in [1.82, 2.24) is 0 Å². The van der Waals surface area contributed by atoms with Gasteiger partial charge in [0.2, 0.25) is 5.76 Å². The lowest BCUT2D eigenvalue weighted by Crippen LogP contribution is -1.96. The Kier molecular flexibility index (Phi) is 3.37. The molecule has 0 unspecified atom stereocenters. The fraction of sp³-hybridized carbons (Fsp3) is 0.214. The first kappa shape index (κ1) is 12.2. The predicted octanol–water partition coefficient (Wildman–Crippen LogP) is 3.17. The van der Waals surface area contributed by atoms with E-state index in [1.807, 2.05) is 31.2 Å². The Morgan fingerprint density at radius 3 is 2.61 bits per heavy atom. The summed E-state index contributed by atoms with van der Waals surface area (Å²) in [7, 11) is 0. The second-order valence-corrected chi connectivity index (χ2v) is 4.08. The van der Waals surface area contributed by atoms with Gasteiger partial charge in [-0.25, -0.2) is 4.79 Å². The van der Waals surface area contributed by atoms with Crippen molar-refractivity contribution in [3.63, 3.8) is 0 Å². The summed E-state index contributed by atoms with van der Waals surface area (Å²) in [6, 6.07) is 9.32. The Balaban J connectivity index is 2.09. The number of hydrogen-bond donors (Lipinski definition) is 1. The van der Waals surface area contributed by atoms with E-state index in [1.165, 1.54) is 0 Å². The molecule has 2 rings (SSSR count). The topological polar surface area (TPSA) is 59.7 Å². The van der Waals surface area contributed by atoms with Crippen molar-refractivity contribution in [3.8, 4) is 5.75 Å². The van der Waals surface area contributed by atoms with E-state index in [2.05, 4.69) is 0 Å². The summed E-state index contributed by atoms with van der Waals surface area (Å²) in [6.45, 7) is 3.87. The van der Waals surface area contributed by atoms with Gasteiger partial charge in [-0.1, -0.05) is 18.2 Å². The van der Waals surface area contributed by atoms with Crippen LogP contribution in [0, 0.1) is 13.8 Å². The molecular formula is C14H14O4. The van der Waals surface area contributed by atoms with Crippen LogP contribution in [0.1, 0.15) is 27.4 Å². The second kappa shape index (κ2) is 4.96. The number of benzene rings is 1. The Morgan fingerprint density at radius 2 is 2.00 bits per heavy atom. The van der Waals surface area contributed by atoms with Crippen LogP contribution in [0.25, 0.3) is 0 Å². The van der Waals surface area contributed by atoms with E-state index in [1.54, 1.807) is 13.0 Å². The zero-order chi connectivity index (χ0) is 13.1. The van der Waals surface area contributed by atoms with Crippen molar-refractivity contribution in [1.29, 1.82) is 0 Å². The highest BCUT2D eigenvalue weighted by molar-refractivity contribution is 5.86. The lowest BCUT2D eigenvalue weighted by atomic mass is 10.2. The average molecular weight is 246 g/mol. The molecule has 4 heteroatoms. The normalized spacial score (nSPS) is 10.3. The second-order valence-electron chi connectivity index (χ2n) is 4.08. The number of ether oxygens (including phenoxy) is 1. The summed E-state index contributed by atoms with van der Waals surface area (Å²) in [5.41, 5.74) is 1.63. The van der Waals surface area contributed by atoms with Gasteiger partial charge in [0.25, 0.3) is 0 Å². The lowest BCUT2D eigenvalue weighted by Gasteiger charge is -2.06. The zero-order valence-corrected chi connectivity index (χ0v) is 10.3. The van der Waals surface area contributed by atoms with E-state index in [4.69, 9.17) is 14.3 Å². The summed E-state index contributed by atoms with van der Waals surface area (Å²) in [5, 5.41) is 8.87. The van der Waals surface area contributed by atoms with Crippen LogP contribution in [0.5, 0.6) is 5.75 Å². The Hall–Kier alpha value is -2.23. The maximum atomic E-state index is 10.8. The number of aromatic carboxylic acids is 1. The van der Waals surface area contributed by atoms with Crippen molar-refractivity contribution in [3.05, 3.63) is 53.0 Å². The van der Waals surface area contributed by atoms with Crippen LogP contribution in [0.15, 0.2) is 34.7 Å². The third-order valence-electron chi connectivity index (χ3n) is 2.63. The Labute approximate surface area is 105 Å². The van der Waals surface area contributed by atoms with Crippen LogP contribution >= 0.6 is 0 Å². The minimum Gasteiger partial charge on any atom is -0.485 e. The number of aryl methyl sites for hydroxylation is 2. The standard InChI is InChI=1S/C14H14O4/c1-9-5-3-4-6-12(9)17-8-11-7-10(2)13(18-11)14(15)16/h3-7H,8H2,1-2H3,(H,15,16). The van der Waals surface area contributed by atoms with Gasteiger partial charge in [-0.05, 0) is 31.5 Å². The number of carbonyl (C=O) groups is 1. The number of rotatable bonds is 4. The molecule has 0 saturated heterocycles. The van der Waals surface area contributed by atoms with Gasteiger partial charge in [-0.3, -0.25) is 0 Å². The van der Waals surface area contributed by atoms with Crippen LogP contribution in [0.4, 0.5) is 0 Å². The third kappa shape index (κ3) is 2.53. The van der Waals surface area contributed by atoms with Gasteiger partial charge in [0.15, 0.2) is 0 Å². The summed E-state index contributed by atoms with van der Waals surface area (Å²) in [5.74, 6) is 0.185. The molecule has 0 aliphatic heterocycles.